The van der Waals surface area contributed by atoms with Crippen molar-refractivity contribution in [2.75, 3.05) is 0 Å². The molecule has 0 N–H and O–H groups in total. The number of nitro groups is 1. The van der Waals surface area contributed by atoms with Crippen LogP contribution < -0.4 is 16.0 Å². The Kier molecular flexibility index (Phi) is 4.89. The van der Waals surface area contributed by atoms with E-state index < -0.39 is 16.2 Å². The minimum atomic E-state index is -0.544. The van der Waals surface area contributed by atoms with Crippen molar-refractivity contribution in [3.8, 4) is 17.0 Å². The standard InChI is InChI=1S/C19H17N3O5/c1-20-17(23)16(13-8-4-3-5-9-13)18(21(2)19(20)24)27-12-14-10-6-7-11-15(14)22(25)26/h3-11H,12H2,1-2H3. The third-order valence-electron chi connectivity index (χ3n) is 4.23. The predicted molar refractivity (Wildman–Crippen MR) is 99.8 cm³/mol. The van der Waals surface area contributed by atoms with Gasteiger partial charge >= 0.3 is 5.69 Å². The van der Waals surface area contributed by atoms with Crippen LogP contribution in [0.15, 0.2) is 64.2 Å². The molecule has 0 amide bonds. The smallest absolute Gasteiger partial charge is 0.333 e. The van der Waals surface area contributed by atoms with E-state index in [0.29, 0.717) is 11.1 Å². The van der Waals surface area contributed by atoms with Crippen LogP contribution in [-0.4, -0.2) is 14.1 Å². The number of hydrogen-bond donors (Lipinski definition) is 0. The molecular weight excluding hydrogens is 350 g/mol. The van der Waals surface area contributed by atoms with Crippen LogP contribution in [0.1, 0.15) is 5.56 Å². The summed E-state index contributed by atoms with van der Waals surface area (Å²) in [5.74, 6) is 0.0625. The highest BCUT2D eigenvalue weighted by atomic mass is 16.6. The lowest BCUT2D eigenvalue weighted by molar-refractivity contribution is -0.385. The molecule has 8 heteroatoms. The van der Waals surface area contributed by atoms with Crippen LogP contribution in [0.3, 0.4) is 0 Å². The van der Waals surface area contributed by atoms with Crippen molar-refractivity contribution >= 4 is 5.69 Å². The number of rotatable bonds is 5. The summed E-state index contributed by atoms with van der Waals surface area (Å²) in [6, 6.07) is 15.0. The minimum absolute atomic E-state index is 0.0625. The molecule has 0 fully saturated rings. The number of nitro benzene ring substituents is 1. The lowest BCUT2D eigenvalue weighted by atomic mass is 10.1. The third-order valence-corrected chi connectivity index (χ3v) is 4.23. The lowest BCUT2D eigenvalue weighted by Crippen LogP contribution is -2.38. The van der Waals surface area contributed by atoms with Gasteiger partial charge in [0.15, 0.2) is 0 Å². The van der Waals surface area contributed by atoms with Crippen LogP contribution >= 0.6 is 0 Å². The predicted octanol–water partition coefficient (Wildman–Crippen LogP) is 2.24. The second kappa shape index (κ2) is 7.28. The van der Waals surface area contributed by atoms with Gasteiger partial charge < -0.3 is 4.74 Å². The van der Waals surface area contributed by atoms with Crippen molar-refractivity contribution in [1.82, 2.24) is 9.13 Å². The Morgan fingerprint density at radius 2 is 1.59 bits per heavy atom. The maximum Gasteiger partial charge on any atom is 0.333 e. The van der Waals surface area contributed by atoms with Gasteiger partial charge in [-0.1, -0.05) is 42.5 Å². The van der Waals surface area contributed by atoms with Crippen LogP contribution in [0.2, 0.25) is 0 Å². The van der Waals surface area contributed by atoms with Gasteiger partial charge in [0.2, 0.25) is 5.88 Å². The van der Waals surface area contributed by atoms with Gasteiger partial charge in [-0.2, -0.15) is 0 Å². The highest BCUT2D eigenvalue weighted by Gasteiger charge is 2.20. The molecule has 8 nitrogen and oxygen atoms in total. The number of ether oxygens (including phenoxy) is 1. The Labute approximate surface area is 154 Å². The van der Waals surface area contributed by atoms with Gasteiger partial charge in [0.05, 0.1) is 10.5 Å². The quantitative estimate of drug-likeness (QED) is 0.509. The van der Waals surface area contributed by atoms with Crippen LogP contribution in [0.4, 0.5) is 5.69 Å². The maximum absolute atomic E-state index is 12.7. The van der Waals surface area contributed by atoms with E-state index in [-0.39, 0.29) is 23.7 Å². The summed E-state index contributed by atoms with van der Waals surface area (Å²) in [5.41, 5.74) is 0.0198. The van der Waals surface area contributed by atoms with E-state index >= 15 is 0 Å². The largest absolute Gasteiger partial charge is 0.473 e. The second-order valence-electron chi connectivity index (χ2n) is 5.93. The number of aromatic nitrogens is 2. The van der Waals surface area contributed by atoms with E-state index in [1.807, 2.05) is 6.07 Å². The van der Waals surface area contributed by atoms with Crippen molar-refractivity contribution in [3.63, 3.8) is 0 Å². The number of hydrogen-bond acceptors (Lipinski definition) is 5. The van der Waals surface area contributed by atoms with E-state index in [1.54, 1.807) is 42.5 Å². The van der Waals surface area contributed by atoms with E-state index in [2.05, 4.69) is 0 Å². The Morgan fingerprint density at radius 3 is 2.26 bits per heavy atom. The molecule has 3 rings (SSSR count). The van der Waals surface area contributed by atoms with Crippen molar-refractivity contribution in [2.45, 2.75) is 6.61 Å². The molecule has 3 aromatic rings. The molecule has 0 aliphatic carbocycles. The number of nitrogens with zero attached hydrogens (tertiary/aromatic N) is 3. The molecule has 0 aliphatic rings. The molecule has 0 aliphatic heterocycles. The molecule has 0 saturated carbocycles. The van der Waals surface area contributed by atoms with Crippen LogP contribution in [0, 0.1) is 10.1 Å². The Balaban J connectivity index is 2.12. The monoisotopic (exact) mass is 367 g/mol. The van der Waals surface area contributed by atoms with Gasteiger partial charge in [0.1, 0.15) is 12.2 Å². The van der Waals surface area contributed by atoms with Crippen LogP contribution in [0.5, 0.6) is 5.88 Å². The fraction of sp³-hybridized carbons (Fsp3) is 0.158. The van der Waals surface area contributed by atoms with Gasteiger partial charge in [-0.3, -0.25) is 24.0 Å². The number of benzene rings is 2. The molecule has 2 aromatic carbocycles. The molecule has 0 atom stereocenters. The summed E-state index contributed by atoms with van der Waals surface area (Å²) in [4.78, 5) is 35.7. The molecule has 0 bridgehead atoms. The molecule has 27 heavy (non-hydrogen) atoms. The molecule has 1 aromatic heterocycles. The normalized spacial score (nSPS) is 10.6. The van der Waals surface area contributed by atoms with Gasteiger partial charge in [-0.25, -0.2) is 4.79 Å². The molecular formula is C19H17N3O5. The summed E-state index contributed by atoms with van der Waals surface area (Å²) >= 11 is 0. The third kappa shape index (κ3) is 3.37. The van der Waals surface area contributed by atoms with E-state index in [4.69, 9.17) is 4.74 Å². The van der Waals surface area contributed by atoms with Gasteiger partial charge in [-0.05, 0) is 11.6 Å². The molecule has 0 saturated heterocycles. The Morgan fingerprint density at radius 1 is 0.963 bits per heavy atom. The molecule has 0 radical (unpaired) electrons. The molecule has 138 valence electrons. The van der Waals surface area contributed by atoms with Crippen molar-refractivity contribution in [1.29, 1.82) is 0 Å². The zero-order chi connectivity index (χ0) is 19.6. The summed E-state index contributed by atoms with van der Waals surface area (Å²) in [6.07, 6.45) is 0. The van der Waals surface area contributed by atoms with E-state index in [9.17, 15) is 19.7 Å². The Hall–Kier alpha value is -3.68. The SMILES string of the molecule is Cn1c(OCc2ccccc2[N+](=O)[O-])c(-c2ccccc2)c(=O)n(C)c1=O. The van der Waals surface area contributed by atoms with Crippen molar-refractivity contribution < 1.29 is 9.66 Å². The fourth-order valence-electron chi connectivity index (χ4n) is 2.80. The van der Waals surface area contributed by atoms with Gasteiger partial charge in [0, 0.05) is 20.2 Å². The first kappa shape index (κ1) is 18.1. The minimum Gasteiger partial charge on any atom is -0.473 e. The summed E-state index contributed by atoms with van der Waals surface area (Å²) in [6.45, 7) is -0.155. The maximum atomic E-state index is 12.7. The average molecular weight is 367 g/mol. The van der Waals surface area contributed by atoms with Gasteiger partial charge in [-0.15, -0.1) is 0 Å². The molecule has 0 unspecified atom stereocenters. The summed E-state index contributed by atoms with van der Waals surface area (Å²) < 4.78 is 7.98. The fourth-order valence-corrected chi connectivity index (χ4v) is 2.80. The molecule has 1 heterocycles. The average Bonchev–Trinajstić information content (AvgIpc) is 2.68. The second-order valence-corrected chi connectivity index (χ2v) is 5.93. The molecule has 0 spiro atoms. The zero-order valence-electron chi connectivity index (χ0n) is 14.8. The summed E-state index contributed by atoms with van der Waals surface area (Å²) in [5, 5.41) is 11.2. The zero-order valence-corrected chi connectivity index (χ0v) is 14.8. The van der Waals surface area contributed by atoms with Gasteiger partial charge in [0.25, 0.3) is 11.2 Å². The van der Waals surface area contributed by atoms with Crippen LogP contribution in [0.25, 0.3) is 11.1 Å². The highest BCUT2D eigenvalue weighted by Crippen LogP contribution is 2.27. The van der Waals surface area contributed by atoms with E-state index in [1.165, 1.54) is 24.7 Å². The summed E-state index contributed by atoms with van der Waals surface area (Å²) in [7, 11) is 2.88. The topological polar surface area (TPSA) is 96.4 Å². The first-order chi connectivity index (χ1) is 12.9. The number of para-hydroxylation sites is 1. The first-order valence-electron chi connectivity index (χ1n) is 8.12. The van der Waals surface area contributed by atoms with Crippen molar-refractivity contribution in [2.24, 2.45) is 14.1 Å². The first-order valence-corrected chi connectivity index (χ1v) is 8.12. The Bertz CT molecular complexity index is 1120. The van der Waals surface area contributed by atoms with Crippen LogP contribution in [-0.2, 0) is 20.7 Å². The van der Waals surface area contributed by atoms with Crippen molar-refractivity contribution in [3.05, 3.63) is 91.1 Å². The lowest BCUT2D eigenvalue weighted by Gasteiger charge is -2.16. The van der Waals surface area contributed by atoms with E-state index in [0.717, 1.165) is 4.57 Å². The highest BCUT2D eigenvalue weighted by molar-refractivity contribution is 5.67.